The van der Waals surface area contributed by atoms with Crippen molar-refractivity contribution in [2.75, 3.05) is 12.4 Å². The van der Waals surface area contributed by atoms with Crippen LogP contribution in [-0.2, 0) is 4.74 Å². The zero-order chi connectivity index (χ0) is 16.4. The summed E-state index contributed by atoms with van der Waals surface area (Å²) in [4.78, 5) is 19.6. The summed E-state index contributed by atoms with van der Waals surface area (Å²) in [6.07, 6.45) is 4.36. The van der Waals surface area contributed by atoms with Crippen LogP contribution in [0.4, 0.5) is 10.6 Å². The van der Waals surface area contributed by atoms with E-state index in [0.29, 0.717) is 11.6 Å². The van der Waals surface area contributed by atoms with E-state index in [1.54, 1.807) is 16.9 Å². The molecule has 0 fully saturated rings. The number of nitrogens with one attached hydrogen (secondary N) is 2. The molecule has 1 amide bonds. The molecule has 3 heterocycles. The maximum atomic E-state index is 11.3. The summed E-state index contributed by atoms with van der Waals surface area (Å²) in [7, 11) is 1.30. The number of carbonyl (C=O) groups excluding carboxylic acids is 1. The third-order valence-electron chi connectivity index (χ3n) is 3.08. The normalized spacial score (nSPS) is 10.6. The van der Waals surface area contributed by atoms with Gasteiger partial charge < -0.3 is 4.74 Å². The molecular formula is C13H12IN7O2. The van der Waals surface area contributed by atoms with Crippen LogP contribution in [0.1, 0.15) is 5.56 Å². The molecule has 0 saturated heterocycles. The van der Waals surface area contributed by atoms with E-state index in [1.165, 1.54) is 13.4 Å². The fourth-order valence-electron chi connectivity index (χ4n) is 1.95. The highest BCUT2D eigenvalue weighted by molar-refractivity contribution is 14.1. The average molecular weight is 425 g/mol. The third-order valence-corrected chi connectivity index (χ3v) is 3.87. The zero-order valence-electron chi connectivity index (χ0n) is 12.2. The second kappa shape index (κ2) is 6.32. The summed E-state index contributed by atoms with van der Waals surface area (Å²) in [5.41, 5.74) is 2.53. The molecule has 3 aromatic heterocycles. The highest BCUT2D eigenvalue weighted by Crippen LogP contribution is 2.24. The van der Waals surface area contributed by atoms with Crippen molar-refractivity contribution in [2.24, 2.45) is 0 Å². The number of hydrogen-bond acceptors (Lipinski definition) is 6. The van der Waals surface area contributed by atoms with Crippen LogP contribution in [0.2, 0.25) is 0 Å². The van der Waals surface area contributed by atoms with Crippen LogP contribution in [0.25, 0.3) is 17.1 Å². The first-order valence-electron chi connectivity index (χ1n) is 6.51. The van der Waals surface area contributed by atoms with Crippen molar-refractivity contribution in [1.29, 1.82) is 0 Å². The number of anilines is 1. The van der Waals surface area contributed by atoms with Crippen molar-refractivity contribution in [3.05, 3.63) is 34.1 Å². The highest BCUT2D eigenvalue weighted by atomic mass is 127. The van der Waals surface area contributed by atoms with Crippen molar-refractivity contribution in [2.45, 2.75) is 6.92 Å². The molecule has 0 saturated carbocycles. The number of aryl methyl sites for hydroxylation is 1. The van der Waals surface area contributed by atoms with Gasteiger partial charge in [0.1, 0.15) is 15.8 Å². The molecular weight excluding hydrogens is 413 g/mol. The molecule has 0 aliphatic rings. The van der Waals surface area contributed by atoms with E-state index < -0.39 is 6.09 Å². The molecule has 0 spiro atoms. The molecule has 0 aromatic carbocycles. The van der Waals surface area contributed by atoms with Crippen LogP contribution in [-0.4, -0.2) is 43.1 Å². The molecule has 3 rings (SSSR count). The summed E-state index contributed by atoms with van der Waals surface area (Å²) in [5.74, 6) is 1.02. The van der Waals surface area contributed by atoms with E-state index in [1.807, 2.05) is 13.1 Å². The standard InChI is InChI=1S/C13H12IN7O2/c1-7-4-15-10(18-13(22)23-2)3-9(7)21-5-8(11(14)20-21)12-16-6-17-19-12/h3-6H,1-2H3,(H,15,18,22)(H,16,17,19). The van der Waals surface area contributed by atoms with Crippen LogP contribution >= 0.6 is 22.6 Å². The largest absolute Gasteiger partial charge is 0.453 e. The number of pyridine rings is 1. The van der Waals surface area contributed by atoms with Crippen molar-refractivity contribution in [1.82, 2.24) is 29.9 Å². The predicted molar refractivity (Wildman–Crippen MR) is 90.2 cm³/mol. The number of rotatable bonds is 3. The SMILES string of the molecule is COC(=O)Nc1cc(-n2cc(-c3ncn[nH]3)c(I)n2)c(C)cn1. The lowest BCUT2D eigenvalue weighted by molar-refractivity contribution is 0.187. The van der Waals surface area contributed by atoms with E-state index >= 15 is 0 Å². The first-order chi connectivity index (χ1) is 11.1. The Hall–Kier alpha value is -2.50. The molecule has 23 heavy (non-hydrogen) atoms. The van der Waals surface area contributed by atoms with Crippen molar-refractivity contribution in [3.8, 4) is 17.1 Å². The third kappa shape index (κ3) is 3.16. The Morgan fingerprint density at radius 1 is 1.43 bits per heavy atom. The average Bonchev–Trinajstić information content (AvgIpc) is 3.18. The number of H-pyrrole nitrogens is 1. The number of carbonyl (C=O) groups is 1. The van der Waals surface area contributed by atoms with Crippen LogP contribution in [0.15, 0.2) is 24.8 Å². The van der Waals surface area contributed by atoms with Gasteiger partial charge in [-0.05, 0) is 35.1 Å². The molecule has 0 unspecified atom stereocenters. The minimum absolute atomic E-state index is 0.379. The predicted octanol–water partition coefficient (Wildman–Crippen LogP) is 2.14. The Morgan fingerprint density at radius 2 is 2.26 bits per heavy atom. The molecule has 9 nitrogen and oxygen atoms in total. The molecule has 118 valence electrons. The lowest BCUT2D eigenvalue weighted by Gasteiger charge is -2.08. The summed E-state index contributed by atoms with van der Waals surface area (Å²) >= 11 is 2.13. The molecule has 0 aliphatic carbocycles. The smallest absolute Gasteiger partial charge is 0.412 e. The van der Waals surface area contributed by atoms with Crippen LogP contribution in [0, 0.1) is 10.6 Å². The van der Waals surface area contributed by atoms with Gasteiger partial charge in [-0.2, -0.15) is 10.2 Å². The summed E-state index contributed by atoms with van der Waals surface area (Å²) in [6.45, 7) is 1.91. The highest BCUT2D eigenvalue weighted by Gasteiger charge is 2.14. The fraction of sp³-hybridized carbons (Fsp3) is 0.154. The summed E-state index contributed by atoms with van der Waals surface area (Å²) < 4.78 is 7.05. The molecule has 2 N–H and O–H groups in total. The number of ether oxygens (including phenoxy) is 1. The second-order valence-corrected chi connectivity index (χ2v) is 5.61. The maximum absolute atomic E-state index is 11.3. The van der Waals surface area contributed by atoms with Gasteiger partial charge in [0.15, 0.2) is 5.82 Å². The number of aromatic amines is 1. The van der Waals surface area contributed by atoms with Crippen molar-refractivity contribution < 1.29 is 9.53 Å². The quantitative estimate of drug-likeness (QED) is 0.623. The molecule has 3 aromatic rings. The van der Waals surface area contributed by atoms with Gasteiger partial charge >= 0.3 is 6.09 Å². The van der Waals surface area contributed by atoms with Crippen LogP contribution in [0.3, 0.4) is 0 Å². The van der Waals surface area contributed by atoms with Gasteiger partial charge in [-0.15, -0.1) is 0 Å². The number of amides is 1. The van der Waals surface area contributed by atoms with Gasteiger partial charge in [0.05, 0.1) is 18.4 Å². The van der Waals surface area contributed by atoms with Gasteiger partial charge in [0.2, 0.25) is 0 Å². The topological polar surface area (TPSA) is 111 Å². The Morgan fingerprint density at radius 3 is 2.96 bits per heavy atom. The van der Waals surface area contributed by atoms with E-state index in [2.05, 4.69) is 57.9 Å². The van der Waals surface area contributed by atoms with Gasteiger partial charge in [-0.3, -0.25) is 10.4 Å². The Kier molecular flexibility index (Phi) is 4.23. The monoisotopic (exact) mass is 425 g/mol. The lowest BCUT2D eigenvalue weighted by Crippen LogP contribution is -2.13. The maximum Gasteiger partial charge on any atom is 0.412 e. The van der Waals surface area contributed by atoms with E-state index in [4.69, 9.17) is 0 Å². The molecule has 0 aliphatic heterocycles. The summed E-state index contributed by atoms with van der Waals surface area (Å²) in [6, 6.07) is 1.72. The van der Waals surface area contributed by atoms with Gasteiger partial charge in [-0.1, -0.05) is 0 Å². The Bertz CT molecular complexity index is 844. The van der Waals surface area contributed by atoms with E-state index in [9.17, 15) is 4.79 Å². The first-order valence-corrected chi connectivity index (χ1v) is 7.59. The molecule has 0 bridgehead atoms. The van der Waals surface area contributed by atoms with Crippen molar-refractivity contribution >= 4 is 34.5 Å². The minimum atomic E-state index is -0.579. The second-order valence-electron chi connectivity index (χ2n) is 4.58. The van der Waals surface area contributed by atoms with Gasteiger partial charge in [0.25, 0.3) is 0 Å². The van der Waals surface area contributed by atoms with Crippen LogP contribution < -0.4 is 5.32 Å². The first kappa shape index (κ1) is 15.4. The number of hydrogen-bond donors (Lipinski definition) is 2. The van der Waals surface area contributed by atoms with Gasteiger partial charge in [-0.25, -0.2) is 19.4 Å². The zero-order valence-corrected chi connectivity index (χ0v) is 14.4. The number of nitrogens with zero attached hydrogens (tertiary/aromatic N) is 5. The Labute approximate surface area is 144 Å². The Balaban J connectivity index is 2.00. The lowest BCUT2D eigenvalue weighted by atomic mass is 10.2. The fourth-order valence-corrected chi connectivity index (χ4v) is 2.58. The number of aromatic nitrogens is 6. The van der Waals surface area contributed by atoms with E-state index in [-0.39, 0.29) is 0 Å². The summed E-state index contributed by atoms with van der Waals surface area (Å²) in [5, 5.41) is 13.7. The molecule has 10 heteroatoms. The van der Waals surface area contributed by atoms with E-state index in [0.717, 1.165) is 20.5 Å². The molecule has 0 radical (unpaired) electrons. The number of halogens is 1. The van der Waals surface area contributed by atoms with Gasteiger partial charge in [0, 0.05) is 18.5 Å². The van der Waals surface area contributed by atoms with Crippen LogP contribution in [0.5, 0.6) is 0 Å². The molecule has 0 atom stereocenters. The van der Waals surface area contributed by atoms with Crippen molar-refractivity contribution in [3.63, 3.8) is 0 Å². The number of methoxy groups -OCH3 is 1. The minimum Gasteiger partial charge on any atom is -0.453 e.